The van der Waals surface area contributed by atoms with Crippen LogP contribution in [0, 0.1) is 22.7 Å². The monoisotopic (exact) mass is 349 g/mol. The highest BCUT2D eigenvalue weighted by molar-refractivity contribution is 5.89. The lowest BCUT2D eigenvalue weighted by molar-refractivity contribution is 0.0457. The lowest BCUT2D eigenvalue weighted by Gasteiger charge is -2.33. The maximum Gasteiger partial charge on any atom is 0.338 e. The van der Waals surface area contributed by atoms with E-state index in [1.54, 1.807) is 18.2 Å². The average Bonchev–Trinajstić information content (AvgIpc) is 2.71. The second-order valence-corrected chi connectivity index (χ2v) is 6.18. The molecule has 5 nitrogen and oxygen atoms in total. The Labute approximate surface area is 154 Å². The van der Waals surface area contributed by atoms with Crippen molar-refractivity contribution in [2.24, 2.45) is 0 Å². The van der Waals surface area contributed by atoms with Crippen molar-refractivity contribution in [2.45, 2.75) is 38.1 Å². The van der Waals surface area contributed by atoms with E-state index in [9.17, 15) is 4.79 Å². The average molecular weight is 349 g/mol. The van der Waals surface area contributed by atoms with Gasteiger partial charge in [0.2, 0.25) is 0 Å². The number of benzene rings is 1. The van der Waals surface area contributed by atoms with Crippen LogP contribution in [-0.4, -0.2) is 30.1 Å². The van der Waals surface area contributed by atoms with Crippen LogP contribution in [-0.2, 0) is 4.74 Å². The molecule has 0 aliphatic heterocycles. The Hall–Kier alpha value is -3.05. The Morgan fingerprint density at radius 2 is 1.85 bits per heavy atom. The molecule has 0 N–H and O–H groups in total. The van der Waals surface area contributed by atoms with E-state index in [0.29, 0.717) is 24.8 Å². The first-order valence-corrected chi connectivity index (χ1v) is 8.91. The minimum absolute atomic E-state index is 0.0698. The molecular weight excluding hydrogens is 326 g/mol. The van der Waals surface area contributed by atoms with Crippen molar-refractivity contribution >= 4 is 5.97 Å². The standard InChI is InChI=1S/C21H23N3O2/c22-16-18(17-23)8-7-13-24(20-11-5-2-6-12-20)14-15-26-21(25)19-9-3-1-4-10-19/h1,3-4,7-10,13,20H,2,5-6,11-12,14-15H2. The molecule has 1 aliphatic rings. The number of hydrogen-bond acceptors (Lipinski definition) is 5. The molecule has 26 heavy (non-hydrogen) atoms. The van der Waals surface area contributed by atoms with Crippen LogP contribution in [0.4, 0.5) is 0 Å². The van der Waals surface area contributed by atoms with E-state index in [-0.39, 0.29) is 11.5 Å². The number of carbonyl (C=O) groups excluding carboxylic acids is 1. The first kappa shape index (κ1) is 19.3. The van der Waals surface area contributed by atoms with E-state index in [1.807, 2.05) is 36.5 Å². The van der Waals surface area contributed by atoms with Gasteiger partial charge in [-0.3, -0.25) is 0 Å². The topological polar surface area (TPSA) is 77.1 Å². The van der Waals surface area contributed by atoms with E-state index < -0.39 is 0 Å². The van der Waals surface area contributed by atoms with Gasteiger partial charge in [0.1, 0.15) is 24.3 Å². The van der Waals surface area contributed by atoms with Crippen LogP contribution in [0.1, 0.15) is 42.5 Å². The Balaban J connectivity index is 1.94. The fourth-order valence-corrected chi connectivity index (χ4v) is 3.04. The summed E-state index contributed by atoms with van der Waals surface area (Å²) in [4.78, 5) is 14.2. The van der Waals surface area contributed by atoms with E-state index in [4.69, 9.17) is 15.3 Å². The van der Waals surface area contributed by atoms with Crippen LogP contribution < -0.4 is 0 Å². The minimum Gasteiger partial charge on any atom is -0.460 e. The van der Waals surface area contributed by atoms with Gasteiger partial charge in [-0.05, 0) is 43.3 Å². The fourth-order valence-electron chi connectivity index (χ4n) is 3.04. The lowest BCUT2D eigenvalue weighted by Crippen LogP contribution is -2.35. The van der Waals surface area contributed by atoms with Gasteiger partial charge in [-0.15, -0.1) is 0 Å². The molecule has 2 rings (SSSR count). The first-order chi connectivity index (χ1) is 12.7. The fraction of sp³-hybridized carbons (Fsp3) is 0.381. The third kappa shape index (κ3) is 6.11. The third-order valence-electron chi connectivity index (χ3n) is 4.42. The molecule has 0 amide bonds. The predicted molar refractivity (Wildman–Crippen MR) is 98.8 cm³/mol. The molecule has 0 aromatic heterocycles. The maximum absolute atomic E-state index is 12.0. The molecule has 134 valence electrons. The Morgan fingerprint density at radius 1 is 1.15 bits per heavy atom. The highest BCUT2D eigenvalue weighted by Gasteiger charge is 2.18. The third-order valence-corrected chi connectivity index (χ3v) is 4.42. The van der Waals surface area contributed by atoms with Crippen LogP contribution in [0.5, 0.6) is 0 Å². The summed E-state index contributed by atoms with van der Waals surface area (Å²) in [6, 6.07) is 13.0. The minimum atomic E-state index is -0.325. The predicted octanol–water partition coefficient (Wildman–Crippen LogP) is 3.97. The second kappa shape index (κ2) is 10.7. The largest absolute Gasteiger partial charge is 0.460 e. The van der Waals surface area contributed by atoms with Crippen LogP contribution in [0.3, 0.4) is 0 Å². The van der Waals surface area contributed by atoms with Crippen molar-refractivity contribution in [2.75, 3.05) is 13.2 Å². The first-order valence-electron chi connectivity index (χ1n) is 8.91. The SMILES string of the molecule is N#CC(C#N)=CC=CN(CCOC(=O)c1ccccc1)C1CCCCC1. The van der Waals surface area contributed by atoms with Gasteiger partial charge >= 0.3 is 5.97 Å². The number of rotatable bonds is 7. The summed E-state index contributed by atoms with van der Waals surface area (Å²) in [5.74, 6) is -0.325. The van der Waals surface area contributed by atoms with Crippen LogP contribution >= 0.6 is 0 Å². The molecular formula is C21H23N3O2. The van der Waals surface area contributed by atoms with Gasteiger partial charge in [0.25, 0.3) is 0 Å². The van der Waals surface area contributed by atoms with Crippen LogP contribution in [0.2, 0.25) is 0 Å². The normalized spacial score (nSPS) is 14.2. The Kier molecular flexibility index (Phi) is 7.96. The number of esters is 1. The summed E-state index contributed by atoms with van der Waals surface area (Å²) in [6.45, 7) is 0.879. The number of hydrogen-bond donors (Lipinski definition) is 0. The van der Waals surface area contributed by atoms with Gasteiger partial charge < -0.3 is 9.64 Å². The van der Waals surface area contributed by atoms with Crippen LogP contribution in [0.25, 0.3) is 0 Å². The molecule has 5 heteroatoms. The van der Waals surface area contributed by atoms with Crippen molar-refractivity contribution in [3.05, 3.63) is 59.8 Å². The van der Waals surface area contributed by atoms with Gasteiger partial charge in [-0.2, -0.15) is 10.5 Å². The van der Waals surface area contributed by atoms with Crippen molar-refractivity contribution in [3.63, 3.8) is 0 Å². The summed E-state index contributed by atoms with van der Waals surface area (Å²) in [6.07, 6.45) is 11.0. The molecule has 0 atom stereocenters. The number of carbonyl (C=O) groups is 1. The molecule has 0 saturated heterocycles. The Bertz CT molecular complexity index is 704. The molecule has 0 heterocycles. The zero-order valence-corrected chi connectivity index (χ0v) is 14.8. The Morgan fingerprint density at radius 3 is 2.50 bits per heavy atom. The van der Waals surface area contributed by atoms with Crippen molar-refractivity contribution in [3.8, 4) is 12.1 Å². The molecule has 1 saturated carbocycles. The van der Waals surface area contributed by atoms with E-state index in [1.165, 1.54) is 25.3 Å². The summed E-state index contributed by atoms with van der Waals surface area (Å²) < 4.78 is 5.38. The van der Waals surface area contributed by atoms with Crippen molar-refractivity contribution in [1.29, 1.82) is 10.5 Å². The van der Waals surface area contributed by atoms with Gasteiger partial charge in [0.05, 0.1) is 12.1 Å². The maximum atomic E-state index is 12.0. The zero-order valence-electron chi connectivity index (χ0n) is 14.8. The number of nitriles is 2. The molecule has 1 aromatic rings. The smallest absolute Gasteiger partial charge is 0.338 e. The quantitative estimate of drug-likeness (QED) is 0.423. The molecule has 0 unspecified atom stereocenters. The summed E-state index contributed by atoms with van der Waals surface area (Å²) in [7, 11) is 0. The van der Waals surface area contributed by atoms with E-state index in [2.05, 4.69) is 4.90 Å². The molecule has 0 bridgehead atoms. The van der Waals surface area contributed by atoms with Gasteiger partial charge in [0, 0.05) is 6.04 Å². The van der Waals surface area contributed by atoms with Gasteiger partial charge in [-0.1, -0.05) is 37.5 Å². The second-order valence-electron chi connectivity index (χ2n) is 6.18. The number of allylic oxidation sites excluding steroid dienone is 3. The number of ether oxygens (including phenoxy) is 1. The highest BCUT2D eigenvalue weighted by Crippen LogP contribution is 2.22. The summed E-state index contributed by atoms with van der Waals surface area (Å²) >= 11 is 0. The molecule has 0 radical (unpaired) electrons. The summed E-state index contributed by atoms with van der Waals surface area (Å²) in [5, 5.41) is 17.6. The van der Waals surface area contributed by atoms with Crippen LogP contribution in [0.15, 0.2) is 54.3 Å². The van der Waals surface area contributed by atoms with Gasteiger partial charge in [0.15, 0.2) is 0 Å². The summed E-state index contributed by atoms with van der Waals surface area (Å²) in [5.41, 5.74) is 0.614. The van der Waals surface area contributed by atoms with E-state index in [0.717, 1.165) is 12.8 Å². The highest BCUT2D eigenvalue weighted by atomic mass is 16.5. The molecule has 0 spiro atoms. The van der Waals surface area contributed by atoms with Crippen molar-refractivity contribution in [1.82, 2.24) is 4.90 Å². The molecule has 1 fully saturated rings. The molecule has 1 aromatic carbocycles. The molecule has 1 aliphatic carbocycles. The number of nitrogens with zero attached hydrogens (tertiary/aromatic N) is 3. The van der Waals surface area contributed by atoms with E-state index >= 15 is 0 Å². The van der Waals surface area contributed by atoms with Crippen molar-refractivity contribution < 1.29 is 9.53 Å². The lowest BCUT2D eigenvalue weighted by atomic mass is 9.94. The van der Waals surface area contributed by atoms with Gasteiger partial charge in [-0.25, -0.2) is 4.79 Å². The zero-order chi connectivity index (χ0) is 18.6.